The van der Waals surface area contributed by atoms with E-state index in [4.69, 9.17) is 28.4 Å². The van der Waals surface area contributed by atoms with E-state index in [2.05, 4.69) is 0 Å². The molecule has 0 spiro atoms. The van der Waals surface area contributed by atoms with Crippen molar-refractivity contribution in [3.05, 3.63) is 0 Å². The Morgan fingerprint density at radius 2 is 1.15 bits per heavy atom. The molecule has 41 heavy (non-hydrogen) atoms. The van der Waals surface area contributed by atoms with Crippen molar-refractivity contribution in [3.8, 4) is 0 Å². The van der Waals surface area contributed by atoms with Gasteiger partial charge in [-0.05, 0) is 6.42 Å². The van der Waals surface area contributed by atoms with Gasteiger partial charge in [0.2, 0.25) is 6.29 Å². The highest BCUT2D eigenvalue weighted by atomic mass is 16.8. The lowest BCUT2D eigenvalue weighted by Gasteiger charge is -2.46. The van der Waals surface area contributed by atoms with Crippen LogP contribution in [0.2, 0.25) is 0 Å². The Hall–Kier alpha value is -1.13. The Balaban J connectivity index is 1.74. The van der Waals surface area contributed by atoms with Gasteiger partial charge in [0.05, 0.1) is 19.8 Å². The third kappa shape index (κ3) is 8.08. The van der Waals surface area contributed by atoms with Gasteiger partial charge in [0.25, 0.3) is 0 Å². The number of aliphatic hydroxyl groups excluding tert-OH is 10. The van der Waals surface area contributed by atoms with Crippen molar-refractivity contribution >= 4 is 5.97 Å². The predicted octanol–water partition coefficient (Wildman–Crippen LogP) is -5.44. The number of esters is 1. The minimum Gasteiger partial charge on any atom is -0.433 e. The average Bonchev–Trinajstić information content (AvgIpc) is 2.95. The van der Waals surface area contributed by atoms with Gasteiger partial charge in [0.1, 0.15) is 67.1 Å². The van der Waals surface area contributed by atoms with Gasteiger partial charge in [-0.15, -0.1) is 0 Å². The summed E-state index contributed by atoms with van der Waals surface area (Å²) >= 11 is 0. The number of hydrogen-bond acceptors (Lipinski definition) is 17. The third-order valence-corrected chi connectivity index (χ3v) is 7.29. The molecule has 0 radical (unpaired) electrons. The normalized spacial score (nSPS) is 45.4. The highest BCUT2D eigenvalue weighted by Crippen LogP contribution is 2.31. The molecule has 0 bridgehead atoms. The first-order valence-electron chi connectivity index (χ1n) is 13.5. The van der Waals surface area contributed by atoms with Crippen LogP contribution in [0.15, 0.2) is 0 Å². The molecule has 17 nitrogen and oxygen atoms in total. The van der Waals surface area contributed by atoms with Gasteiger partial charge < -0.3 is 79.5 Å². The van der Waals surface area contributed by atoms with E-state index in [-0.39, 0.29) is 6.42 Å². The average molecular weight is 603 g/mol. The number of ether oxygens (including phenoxy) is 6. The summed E-state index contributed by atoms with van der Waals surface area (Å²) < 4.78 is 32.6. The van der Waals surface area contributed by atoms with Crippen molar-refractivity contribution in [2.24, 2.45) is 0 Å². The van der Waals surface area contributed by atoms with E-state index in [1.165, 1.54) is 0 Å². The second kappa shape index (κ2) is 15.6. The minimum atomic E-state index is -1.88. The van der Waals surface area contributed by atoms with Crippen molar-refractivity contribution in [2.45, 2.75) is 125 Å². The maximum atomic E-state index is 12.5. The predicted molar refractivity (Wildman–Crippen MR) is 129 cm³/mol. The molecular weight excluding hydrogens is 560 g/mol. The molecule has 3 rings (SSSR count). The first kappa shape index (κ1) is 34.4. The van der Waals surface area contributed by atoms with E-state index < -0.39 is 118 Å². The standard InChI is InChI=1S/C24H42O17/c1-2-3-4-5-12(27)40-24-21(41-23-20(35)17(32)14(29)10(7-26)38-23)18(33)15(30)11(39-24)8-36-22-19(34)16(31)13(28)9(6-25)37-22/h9-11,13-26,28-35H,2-8H2,1H3/t9-,10-,11-,13-,14-,15-,16+,17+,18+,19-,20-,21-,22-,23+,24+/m1/s1. The van der Waals surface area contributed by atoms with E-state index in [9.17, 15) is 55.9 Å². The lowest BCUT2D eigenvalue weighted by molar-refractivity contribution is -0.367. The van der Waals surface area contributed by atoms with Gasteiger partial charge in [-0.25, -0.2) is 0 Å². The minimum absolute atomic E-state index is 0.0227. The van der Waals surface area contributed by atoms with Crippen LogP contribution in [-0.4, -0.2) is 169 Å². The summed E-state index contributed by atoms with van der Waals surface area (Å²) in [6, 6.07) is 0. The van der Waals surface area contributed by atoms with Crippen LogP contribution in [0, 0.1) is 0 Å². The van der Waals surface area contributed by atoms with Crippen LogP contribution in [0.5, 0.6) is 0 Å². The summed E-state index contributed by atoms with van der Waals surface area (Å²) in [5.41, 5.74) is 0. The van der Waals surface area contributed by atoms with Gasteiger partial charge in [0.15, 0.2) is 18.7 Å². The summed E-state index contributed by atoms with van der Waals surface area (Å²) in [5.74, 6) is -0.747. The highest BCUT2D eigenvalue weighted by Gasteiger charge is 2.52. The van der Waals surface area contributed by atoms with Crippen molar-refractivity contribution in [1.82, 2.24) is 0 Å². The lowest BCUT2D eigenvalue weighted by Crippen LogP contribution is -2.65. The van der Waals surface area contributed by atoms with Crippen LogP contribution in [-0.2, 0) is 33.2 Å². The second-order valence-corrected chi connectivity index (χ2v) is 10.3. The first-order valence-corrected chi connectivity index (χ1v) is 13.5. The summed E-state index contributed by atoms with van der Waals surface area (Å²) in [5, 5.41) is 101. The molecular formula is C24H42O17. The van der Waals surface area contributed by atoms with Crippen LogP contribution >= 0.6 is 0 Å². The topological polar surface area (TPSA) is 275 Å². The molecule has 0 saturated carbocycles. The van der Waals surface area contributed by atoms with Crippen LogP contribution in [0.4, 0.5) is 0 Å². The van der Waals surface area contributed by atoms with Crippen molar-refractivity contribution < 1.29 is 84.3 Å². The fourth-order valence-electron chi connectivity index (χ4n) is 4.72. The zero-order chi connectivity index (χ0) is 30.4. The molecule has 0 aliphatic carbocycles. The molecule has 3 saturated heterocycles. The number of hydrogen-bond donors (Lipinski definition) is 10. The fourth-order valence-corrected chi connectivity index (χ4v) is 4.72. The molecule has 15 atom stereocenters. The molecule has 240 valence electrons. The number of carbonyl (C=O) groups is 1. The summed E-state index contributed by atoms with van der Waals surface area (Å²) in [7, 11) is 0. The van der Waals surface area contributed by atoms with E-state index >= 15 is 0 Å². The Morgan fingerprint density at radius 1 is 0.634 bits per heavy atom. The monoisotopic (exact) mass is 602 g/mol. The summed E-state index contributed by atoms with van der Waals surface area (Å²) in [6.07, 6.45) is -23.0. The molecule has 0 aromatic carbocycles. The van der Waals surface area contributed by atoms with Gasteiger partial charge in [-0.3, -0.25) is 4.79 Å². The molecule has 0 aromatic rings. The molecule has 0 amide bonds. The Bertz CT molecular complexity index is 798. The van der Waals surface area contributed by atoms with Crippen LogP contribution in [0.1, 0.15) is 32.6 Å². The fraction of sp³-hybridized carbons (Fsp3) is 0.958. The molecule has 17 heteroatoms. The van der Waals surface area contributed by atoms with Gasteiger partial charge >= 0.3 is 5.97 Å². The maximum absolute atomic E-state index is 12.5. The second-order valence-electron chi connectivity index (χ2n) is 10.3. The van der Waals surface area contributed by atoms with Gasteiger partial charge in [-0.1, -0.05) is 19.8 Å². The Kier molecular flexibility index (Phi) is 13.0. The van der Waals surface area contributed by atoms with Crippen molar-refractivity contribution in [2.75, 3.05) is 19.8 Å². The number of carbonyl (C=O) groups excluding carboxylic acids is 1. The van der Waals surface area contributed by atoms with Crippen LogP contribution in [0.3, 0.4) is 0 Å². The lowest BCUT2D eigenvalue weighted by atomic mass is 9.97. The van der Waals surface area contributed by atoms with Crippen LogP contribution < -0.4 is 0 Å². The molecule has 3 aliphatic heterocycles. The summed E-state index contributed by atoms with van der Waals surface area (Å²) in [6.45, 7) is -0.154. The molecule has 10 N–H and O–H groups in total. The zero-order valence-electron chi connectivity index (χ0n) is 22.4. The van der Waals surface area contributed by atoms with Gasteiger partial charge in [0, 0.05) is 6.42 Å². The van der Waals surface area contributed by atoms with Crippen LogP contribution in [0.25, 0.3) is 0 Å². The maximum Gasteiger partial charge on any atom is 0.308 e. The van der Waals surface area contributed by atoms with Gasteiger partial charge in [-0.2, -0.15) is 0 Å². The first-order chi connectivity index (χ1) is 19.4. The van der Waals surface area contributed by atoms with Crippen molar-refractivity contribution in [3.63, 3.8) is 0 Å². The van der Waals surface area contributed by atoms with E-state index in [1.54, 1.807) is 0 Å². The quantitative estimate of drug-likeness (QED) is 0.0737. The Labute approximate surface area is 235 Å². The Morgan fingerprint density at radius 3 is 1.71 bits per heavy atom. The third-order valence-electron chi connectivity index (χ3n) is 7.29. The number of unbranched alkanes of at least 4 members (excludes halogenated alkanes) is 2. The molecule has 0 aromatic heterocycles. The highest BCUT2D eigenvalue weighted by molar-refractivity contribution is 5.69. The van der Waals surface area contributed by atoms with E-state index in [1.807, 2.05) is 6.92 Å². The van der Waals surface area contributed by atoms with Crippen molar-refractivity contribution in [1.29, 1.82) is 0 Å². The largest absolute Gasteiger partial charge is 0.433 e. The number of rotatable bonds is 12. The molecule has 3 fully saturated rings. The van der Waals surface area contributed by atoms with E-state index in [0.717, 1.165) is 12.8 Å². The SMILES string of the molecule is CCCCCC(=O)O[C@@H]1O[C@H](CO[C@@H]2O[C@H](CO)[C@@H](O)[C@H](O)[C@H]2O)[C@@H](O)[C@H](O)[C@H]1O[C@@H]1O[C@H](CO)[C@@H](O)[C@H](O)[C@H]1O. The molecule has 3 aliphatic rings. The number of aliphatic hydroxyl groups is 10. The zero-order valence-corrected chi connectivity index (χ0v) is 22.4. The smallest absolute Gasteiger partial charge is 0.308 e. The molecule has 3 heterocycles. The van der Waals surface area contributed by atoms with E-state index in [0.29, 0.717) is 6.42 Å². The summed E-state index contributed by atoms with van der Waals surface area (Å²) in [4.78, 5) is 12.5. The molecule has 0 unspecified atom stereocenters.